The highest BCUT2D eigenvalue weighted by atomic mass is 16.5. The third kappa shape index (κ3) is 5.33. The van der Waals surface area contributed by atoms with Gasteiger partial charge in [-0.3, -0.25) is 9.59 Å². The molecule has 0 N–H and O–H groups in total. The van der Waals surface area contributed by atoms with Crippen LogP contribution in [-0.2, 0) is 9.53 Å². The number of anilines is 2. The minimum atomic E-state index is -0.299. The first-order valence-corrected chi connectivity index (χ1v) is 12.4. The summed E-state index contributed by atoms with van der Waals surface area (Å²) in [5.74, 6) is 0.0518. The van der Waals surface area contributed by atoms with E-state index in [-0.39, 0.29) is 23.7 Å². The molecule has 35 heavy (non-hydrogen) atoms. The first-order valence-electron chi connectivity index (χ1n) is 12.4. The normalized spacial score (nSPS) is 18.4. The van der Waals surface area contributed by atoms with E-state index in [4.69, 9.17) is 9.47 Å². The Morgan fingerprint density at radius 1 is 1.06 bits per heavy atom. The van der Waals surface area contributed by atoms with Crippen molar-refractivity contribution in [3.63, 3.8) is 0 Å². The van der Waals surface area contributed by atoms with Gasteiger partial charge in [0, 0.05) is 51.2 Å². The summed E-state index contributed by atoms with van der Waals surface area (Å²) in [6, 6.07) is 6.39. The molecule has 3 heterocycles. The summed E-state index contributed by atoms with van der Waals surface area (Å²) >= 11 is 0. The third-order valence-corrected chi connectivity index (χ3v) is 6.81. The van der Waals surface area contributed by atoms with Crippen molar-refractivity contribution in [3.8, 4) is 5.88 Å². The van der Waals surface area contributed by atoms with Crippen LogP contribution in [-0.4, -0.2) is 79.7 Å². The third-order valence-electron chi connectivity index (χ3n) is 6.81. The molecule has 0 radical (unpaired) electrons. The fraction of sp³-hybridized carbons (Fsp3) is 0.538. The monoisotopic (exact) mass is 481 g/mol. The Labute approximate surface area is 207 Å². The average Bonchev–Trinajstić information content (AvgIpc) is 2.88. The molecular formula is C26H35N5O4. The van der Waals surface area contributed by atoms with Crippen LogP contribution in [0.3, 0.4) is 0 Å². The highest BCUT2D eigenvalue weighted by molar-refractivity contribution is 5.96. The molecule has 1 atom stereocenters. The number of hydrogen-bond acceptors (Lipinski definition) is 8. The minimum absolute atomic E-state index is 0.220. The van der Waals surface area contributed by atoms with Crippen LogP contribution in [0.25, 0.3) is 0 Å². The standard InChI is InChI=1S/C26H35N5O4/c1-5-35-25(33)20-10-7-11-31(17-20)24(32)21-16-27-26(28-23(21)34-4)30-14-12-29(13-15-30)22-18(2)8-6-9-19(22)3/h6,8-9,16,20H,5,7,10-15,17H2,1-4H3/t20-/m0/s1. The molecule has 4 rings (SSSR count). The number of para-hydroxylation sites is 1. The lowest BCUT2D eigenvalue weighted by molar-refractivity contribution is -0.149. The number of aryl methyl sites for hydroxylation is 2. The smallest absolute Gasteiger partial charge is 0.310 e. The topological polar surface area (TPSA) is 88.1 Å². The number of likely N-dealkylation sites (tertiary alicyclic amines) is 1. The summed E-state index contributed by atoms with van der Waals surface area (Å²) in [5.41, 5.74) is 4.17. The second kappa shape index (κ2) is 10.9. The zero-order valence-electron chi connectivity index (χ0n) is 21.1. The summed E-state index contributed by atoms with van der Waals surface area (Å²) in [4.78, 5) is 40.7. The van der Waals surface area contributed by atoms with Crippen LogP contribution in [0.1, 0.15) is 41.3 Å². The van der Waals surface area contributed by atoms with Crippen molar-refractivity contribution in [1.82, 2.24) is 14.9 Å². The number of carbonyl (C=O) groups excluding carboxylic acids is 2. The second-order valence-corrected chi connectivity index (χ2v) is 9.15. The van der Waals surface area contributed by atoms with E-state index in [1.165, 1.54) is 23.9 Å². The van der Waals surface area contributed by atoms with Crippen molar-refractivity contribution in [2.24, 2.45) is 5.92 Å². The Bertz CT molecular complexity index is 1050. The second-order valence-electron chi connectivity index (χ2n) is 9.15. The lowest BCUT2D eigenvalue weighted by atomic mass is 9.97. The van der Waals surface area contributed by atoms with E-state index in [2.05, 4.69) is 51.8 Å². The van der Waals surface area contributed by atoms with Gasteiger partial charge in [0.1, 0.15) is 5.56 Å². The number of nitrogens with zero attached hydrogens (tertiary/aromatic N) is 5. The van der Waals surface area contributed by atoms with Crippen LogP contribution < -0.4 is 14.5 Å². The maximum Gasteiger partial charge on any atom is 0.310 e. The molecule has 0 bridgehead atoms. The summed E-state index contributed by atoms with van der Waals surface area (Å²) in [6.45, 7) is 10.6. The SMILES string of the molecule is CCOC(=O)[C@H]1CCCN(C(=O)c2cnc(N3CCN(c4c(C)cccc4C)CC3)nc2OC)C1. The molecule has 2 aliphatic rings. The molecule has 1 aromatic carbocycles. The summed E-state index contributed by atoms with van der Waals surface area (Å²) in [5, 5.41) is 0. The summed E-state index contributed by atoms with van der Waals surface area (Å²) in [6.07, 6.45) is 3.03. The molecule has 1 amide bonds. The molecular weight excluding hydrogens is 446 g/mol. The van der Waals surface area contributed by atoms with Gasteiger partial charge in [0.2, 0.25) is 11.8 Å². The molecule has 0 aliphatic carbocycles. The zero-order chi connectivity index (χ0) is 24.9. The molecule has 2 saturated heterocycles. The molecule has 0 spiro atoms. The first kappa shape index (κ1) is 24.8. The number of hydrogen-bond donors (Lipinski definition) is 0. The number of methoxy groups -OCH3 is 1. The number of benzene rings is 1. The first-order chi connectivity index (χ1) is 16.9. The van der Waals surface area contributed by atoms with Gasteiger partial charge < -0.3 is 24.2 Å². The summed E-state index contributed by atoms with van der Waals surface area (Å²) in [7, 11) is 1.51. The lowest BCUT2D eigenvalue weighted by Gasteiger charge is -2.37. The quantitative estimate of drug-likeness (QED) is 0.582. The van der Waals surface area contributed by atoms with E-state index >= 15 is 0 Å². The van der Waals surface area contributed by atoms with Gasteiger partial charge in [0.25, 0.3) is 5.91 Å². The predicted molar refractivity (Wildman–Crippen MR) is 134 cm³/mol. The number of carbonyl (C=O) groups is 2. The maximum atomic E-state index is 13.3. The lowest BCUT2D eigenvalue weighted by Crippen LogP contribution is -2.47. The van der Waals surface area contributed by atoms with Crippen molar-refractivity contribution in [3.05, 3.63) is 41.1 Å². The van der Waals surface area contributed by atoms with E-state index in [0.717, 1.165) is 39.0 Å². The number of esters is 1. The molecule has 0 saturated carbocycles. The van der Waals surface area contributed by atoms with Crippen molar-refractivity contribution in [2.75, 3.05) is 62.8 Å². The number of piperidine rings is 1. The van der Waals surface area contributed by atoms with Crippen molar-refractivity contribution >= 4 is 23.5 Å². The van der Waals surface area contributed by atoms with Crippen molar-refractivity contribution in [2.45, 2.75) is 33.6 Å². The zero-order valence-corrected chi connectivity index (χ0v) is 21.1. The minimum Gasteiger partial charge on any atom is -0.480 e. The van der Waals surface area contributed by atoms with E-state index in [1.54, 1.807) is 18.0 Å². The molecule has 9 nitrogen and oxygen atoms in total. The largest absolute Gasteiger partial charge is 0.480 e. The van der Waals surface area contributed by atoms with Gasteiger partial charge in [-0.1, -0.05) is 18.2 Å². The Hall–Kier alpha value is -3.36. The van der Waals surface area contributed by atoms with Crippen LogP contribution in [0, 0.1) is 19.8 Å². The number of amides is 1. The van der Waals surface area contributed by atoms with Crippen LogP contribution in [0.2, 0.25) is 0 Å². The molecule has 2 aliphatic heterocycles. The molecule has 0 unspecified atom stereocenters. The van der Waals surface area contributed by atoms with E-state index in [0.29, 0.717) is 31.2 Å². The van der Waals surface area contributed by atoms with Gasteiger partial charge in [-0.25, -0.2) is 4.98 Å². The van der Waals surface area contributed by atoms with Gasteiger partial charge in [0.15, 0.2) is 0 Å². The number of piperazine rings is 1. The fourth-order valence-electron chi connectivity index (χ4n) is 5.03. The summed E-state index contributed by atoms with van der Waals surface area (Å²) < 4.78 is 10.7. The Morgan fingerprint density at radius 3 is 2.40 bits per heavy atom. The Kier molecular flexibility index (Phi) is 7.73. The van der Waals surface area contributed by atoms with Crippen LogP contribution in [0.5, 0.6) is 5.88 Å². The molecule has 2 fully saturated rings. The van der Waals surface area contributed by atoms with E-state index < -0.39 is 0 Å². The Morgan fingerprint density at radius 2 is 1.74 bits per heavy atom. The van der Waals surface area contributed by atoms with Gasteiger partial charge in [-0.05, 0) is 44.7 Å². The highest BCUT2D eigenvalue weighted by Gasteiger charge is 2.32. The number of ether oxygens (including phenoxy) is 2. The van der Waals surface area contributed by atoms with Crippen LogP contribution in [0.15, 0.2) is 24.4 Å². The van der Waals surface area contributed by atoms with Gasteiger partial charge in [-0.15, -0.1) is 0 Å². The van der Waals surface area contributed by atoms with Crippen molar-refractivity contribution in [1.29, 1.82) is 0 Å². The molecule has 1 aromatic heterocycles. The van der Waals surface area contributed by atoms with Crippen LogP contribution >= 0.6 is 0 Å². The van der Waals surface area contributed by atoms with Crippen molar-refractivity contribution < 1.29 is 19.1 Å². The predicted octanol–water partition coefficient (Wildman–Crippen LogP) is 2.84. The van der Waals surface area contributed by atoms with E-state index in [1.807, 2.05) is 0 Å². The van der Waals surface area contributed by atoms with Crippen LogP contribution in [0.4, 0.5) is 11.6 Å². The molecule has 9 heteroatoms. The molecule has 188 valence electrons. The van der Waals surface area contributed by atoms with Gasteiger partial charge in [0.05, 0.1) is 19.6 Å². The van der Waals surface area contributed by atoms with E-state index in [9.17, 15) is 9.59 Å². The number of rotatable bonds is 6. The fourth-order valence-corrected chi connectivity index (χ4v) is 5.03. The number of aromatic nitrogens is 2. The average molecular weight is 482 g/mol. The van der Waals surface area contributed by atoms with Gasteiger partial charge >= 0.3 is 5.97 Å². The molecule has 2 aromatic rings. The van der Waals surface area contributed by atoms with Gasteiger partial charge in [-0.2, -0.15) is 4.98 Å². The Balaban J connectivity index is 1.44. The highest BCUT2D eigenvalue weighted by Crippen LogP contribution is 2.28. The maximum absolute atomic E-state index is 13.3.